The van der Waals surface area contributed by atoms with E-state index in [0.29, 0.717) is 5.41 Å². The third-order valence-corrected chi connectivity index (χ3v) is 4.56. The molecule has 5 nitrogen and oxygen atoms in total. The largest absolute Gasteiger partial charge is 0.381 e. The lowest BCUT2D eigenvalue weighted by Crippen LogP contribution is -2.42. The molecule has 0 amide bonds. The van der Waals surface area contributed by atoms with Crippen LogP contribution < -0.4 is 5.32 Å². The van der Waals surface area contributed by atoms with Crippen LogP contribution in [0.2, 0.25) is 0 Å². The molecule has 0 bridgehead atoms. The monoisotopic (exact) mass is 278 g/mol. The molecule has 2 fully saturated rings. The average Bonchev–Trinajstić information content (AvgIpc) is 3.21. The summed E-state index contributed by atoms with van der Waals surface area (Å²) in [6.07, 6.45) is 8.78. The Balaban J connectivity index is 1.68. The average molecular weight is 278 g/mol. The number of aryl methyl sites for hydroxylation is 1. The van der Waals surface area contributed by atoms with Crippen molar-refractivity contribution >= 4 is 0 Å². The van der Waals surface area contributed by atoms with E-state index in [0.717, 1.165) is 63.9 Å². The Morgan fingerprint density at radius 1 is 1.40 bits per heavy atom. The van der Waals surface area contributed by atoms with Gasteiger partial charge in [-0.15, -0.1) is 0 Å². The molecular formula is C15H26N4O. The van der Waals surface area contributed by atoms with Crippen LogP contribution in [0.1, 0.15) is 44.9 Å². The molecule has 0 aromatic carbocycles. The van der Waals surface area contributed by atoms with E-state index in [2.05, 4.69) is 27.0 Å². The smallest absolute Gasteiger partial charge is 0.138 e. The van der Waals surface area contributed by atoms with Gasteiger partial charge >= 0.3 is 0 Å². The van der Waals surface area contributed by atoms with Crippen LogP contribution in [-0.2, 0) is 17.7 Å². The molecule has 0 spiro atoms. The van der Waals surface area contributed by atoms with Gasteiger partial charge in [-0.1, -0.05) is 6.92 Å². The molecule has 112 valence electrons. The molecule has 1 aromatic heterocycles. The second-order valence-corrected chi connectivity index (χ2v) is 6.34. The zero-order valence-corrected chi connectivity index (χ0v) is 12.5. The molecule has 5 heteroatoms. The zero-order chi connectivity index (χ0) is 13.8. The highest BCUT2D eigenvalue weighted by molar-refractivity contribution is 4.98. The minimum absolute atomic E-state index is 0.305. The highest BCUT2D eigenvalue weighted by Crippen LogP contribution is 2.34. The van der Waals surface area contributed by atoms with Gasteiger partial charge in [0.05, 0.1) is 0 Å². The maximum atomic E-state index is 5.57. The van der Waals surface area contributed by atoms with Crippen molar-refractivity contribution in [3.05, 3.63) is 12.2 Å². The maximum absolute atomic E-state index is 5.57. The van der Waals surface area contributed by atoms with Crippen LogP contribution in [0.5, 0.6) is 0 Å². The van der Waals surface area contributed by atoms with Gasteiger partial charge in [-0.2, -0.15) is 5.10 Å². The van der Waals surface area contributed by atoms with Gasteiger partial charge in [0.1, 0.15) is 12.2 Å². The van der Waals surface area contributed by atoms with Crippen LogP contribution in [0.3, 0.4) is 0 Å². The molecule has 3 rings (SSSR count). The molecular weight excluding hydrogens is 252 g/mol. The first-order valence-corrected chi connectivity index (χ1v) is 7.99. The van der Waals surface area contributed by atoms with E-state index in [4.69, 9.17) is 4.74 Å². The normalized spacial score (nSPS) is 22.1. The maximum Gasteiger partial charge on any atom is 0.138 e. The first-order chi connectivity index (χ1) is 9.81. The first kappa shape index (κ1) is 14.0. The van der Waals surface area contributed by atoms with Crippen LogP contribution in [0.4, 0.5) is 0 Å². The van der Waals surface area contributed by atoms with Gasteiger partial charge in [0.2, 0.25) is 0 Å². The van der Waals surface area contributed by atoms with Crippen LogP contribution in [0.25, 0.3) is 0 Å². The van der Waals surface area contributed by atoms with E-state index >= 15 is 0 Å². The molecule has 2 heterocycles. The topological polar surface area (TPSA) is 52.0 Å². The van der Waals surface area contributed by atoms with Crippen molar-refractivity contribution in [2.45, 2.75) is 58.0 Å². The third-order valence-electron chi connectivity index (χ3n) is 4.56. The summed E-state index contributed by atoms with van der Waals surface area (Å²) in [6, 6.07) is 0.767. The summed E-state index contributed by atoms with van der Waals surface area (Å²) in [5.74, 6) is 1.14. The molecule has 1 saturated carbocycles. The van der Waals surface area contributed by atoms with Crippen molar-refractivity contribution in [2.75, 3.05) is 19.8 Å². The predicted octanol–water partition coefficient (Wildman–Crippen LogP) is 1.78. The van der Waals surface area contributed by atoms with Crippen molar-refractivity contribution in [1.82, 2.24) is 20.1 Å². The number of rotatable bonds is 7. The lowest BCUT2D eigenvalue weighted by molar-refractivity contribution is 0.0133. The molecule has 1 aliphatic carbocycles. The first-order valence-electron chi connectivity index (χ1n) is 7.99. The van der Waals surface area contributed by atoms with Crippen molar-refractivity contribution in [3.63, 3.8) is 0 Å². The third kappa shape index (κ3) is 3.38. The number of hydrogen-bond donors (Lipinski definition) is 1. The summed E-state index contributed by atoms with van der Waals surface area (Å²) < 4.78 is 7.65. The van der Waals surface area contributed by atoms with Crippen molar-refractivity contribution in [3.8, 4) is 0 Å². The molecule has 0 unspecified atom stereocenters. The molecule has 0 radical (unpaired) electrons. The number of aromatic nitrogens is 3. The Morgan fingerprint density at radius 3 is 2.90 bits per heavy atom. The summed E-state index contributed by atoms with van der Waals surface area (Å²) in [4.78, 5) is 4.50. The molecule has 1 N–H and O–H groups in total. The van der Waals surface area contributed by atoms with Crippen molar-refractivity contribution in [1.29, 1.82) is 0 Å². The van der Waals surface area contributed by atoms with Gasteiger partial charge in [0, 0.05) is 38.8 Å². The Bertz CT molecular complexity index is 421. The van der Waals surface area contributed by atoms with E-state index < -0.39 is 0 Å². The SMILES string of the molecule is CCCn1ncnc1CC1(CNC2CC2)CCOCC1. The van der Waals surface area contributed by atoms with Crippen LogP contribution in [0.15, 0.2) is 6.33 Å². The van der Waals surface area contributed by atoms with Crippen LogP contribution >= 0.6 is 0 Å². The number of nitrogens with one attached hydrogen (secondary N) is 1. The van der Waals surface area contributed by atoms with Crippen LogP contribution in [-0.4, -0.2) is 40.6 Å². The van der Waals surface area contributed by atoms with Crippen molar-refractivity contribution in [2.24, 2.45) is 5.41 Å². The van der Waals surface area contributed by atoms with E-state index in [1.54, 1.807) is 6.33 Å². The molecule has 1 aromatic rings. The van der Waals surface area contributed by atoms with Gasteiger partial charge < -0.3 is 10.1 Å². The second-order valence-electron chi connectivity index (χ2n) is 6.34. The van der Waals surface area contributed by atoms with Crippen LogP contribution in [0, 0.1) is 5.41 Å². The minimum atomic E-state index is 0.305. The van der Waals surface area contributed by atoms with E-state index in [9.17, 15) is 0 Å². The summed E-state index contributed by atoms with van der Waals surface area (Å²) in [5.41, 5.74) is 0.305. The Kier molecular flexibility index (Phi) is 4.36. The van der Waals surface area contributed by atoms with Gasteiger partial charge in [0.15, 0.2) is 0 Å². The van der Waals surface area contributed by atoms with Gasteiger partial charge in [-0.25, -0.2) is 4.98 Å². The van der Waals surface area contributed by atoms with E-state index in [1.165, 1.54) is 12.8 Å². The standard InChI is InChI=1S/C15H26N4O/c1-2-7-19-14(17-12-18-19)10-15(5-8-20-9-6-15)11-16-13-3-4-13/h12-13,16H,2-11H2,1H3. The Labute approximate surface area is 121 Å². The summed E-state index contributed by atoms with van der Waals surface area (Å²) in [5, 5.41) is 8.08. The van der Waals surface area contributed by atoms with Gasteiger partial charge in [-0.05, 0) is 37.5 Å². The second kappa shape index (κ2) is 6.22. The summed E-state index contributed by atoms with van der Waals surface area (Å²) in [7, 11) is 0. The Hall–Kier alpha value is -0.940. The van der Waals surface area contributed by atoms with Gasteiger partial charge in [-0.3, -0.25) is 4.68 Å². The van der Waals surface area contributed by atoms with Gasteiger partial charge in [0.25, 0.3) is 0 Å². The fraction of sp³-hybridized carbons (Fsp3) is 0.867. The fourth-order valence-electron chi connectivity index (χ4n) is 3.03. The quantitative estimate of drug-likeness (QED) is 0.826. The minimum Gasteiger partial charge on any atom is -0.381 e. The molecule has 2 aliphatic rings. The number of ether oxygens (including phenoxy) is 1. The Morgan fingerprint density at radius 2 is 2.20 bits per heavy atom. The number of nitrogens with zero attached hydrogens (tertiary/aromatic N) is 3. The molecule has 1 aliphatic heterocycles. The lowest BCUT2D eigenvalue weighted by atomic mass is 9.77. The molecule has 20 heavy (non-hydrogen) atoms. The molecule has 0 atom stereocenters. The summed E-state index contributed by atoms with van der Waals surface area (Å²) >= 11 is 0. The van der Waals surface area contributed by atoms with E-state index in [1.807, 2.05) is 0 Å². The molecule has 1 saturated heterocycles. The predicted molar refractivity (Wildman–Crippen MR) is 77.5 cm³/mol. The lowest BCUT2D eigenvalue weighted by Gasteiger charge is -2.37. The number of hydrogen-bond acceptors (Lipinski definition) is 4. The zero-order valence-electron chi connectivity index (χ0n) is 12.5. The van der Waals surface area contributed by atoms with E-state index in [-0.39, 0.29) is 0 Å². The van der Waals surface area contributed by atoms with Crippen molar-refractivity contribution < 1.29 is 4.74 Å². The fourth-order valence-corrected chi connectivity index (χ4v) is 3.03. The highest BCUT2D eigenvalue weighted by Gasteiger charge is 2.36. The summed E-state index contributed by atoms with van der Waals surface area (Å²) in [6.45, 7) is 6.02. The highest BCUT2D eigenvalue weighted by atomic mass is 16.5.